The van der Waals surface area contributed by atoms with E-state index in [1.165, 1.54) is 16.8 Å². The average Bonchev–Trinajstić information content (AvgIpc) is 2.86. The molecule has 0 saturated heterocycles. The van der Waals surface area contributed by atoms with Gasteiger partial charge in [-0.3, -0.25) is 0 Å². The third-order valence-electron chi connectivity index (χ3n) is 3.16. The Morgan fingerprint density at radius 3 is 2.81 bits per heavy atom. The number of aryl methyl sites for hydroxylation is 1. The molecule has 1 heterocycles. The van der Waals surface area contributed by atoms with Crippen molar-refractivity contribution >= 4 is 0 Å². The number of benzene rings is 1. The van der Waals surface area contributed by atoms with E-state index in [1.54, 1.807) is 12.4 Å². The van der Waals surface area contributed by atoms with Crippen LogP contribution >= 0.6 is 0 Å². The Kier molecular flexibility index (Phi) is 5.44. The molecule has 21 heavy (non-hydrogen) atoms. The summed E-state index contributed by atoms with van der Waals surface area (Å²) in [6.45, 7) is 6.32. The minimum absolute atomic E-state index is 0.264. The van der Waals surface area contributed by atoms with Crippen molar-refractivity contribution in [2.45, 2.75) is 26.7 Å². The van der Waals surface area contributed by atoms with Crippen LogP contribution in [0.2, 0.25) is 0 Å². The van der Waals surface area contributed by atoms with E-state index in [1.807, 2.05) is 0 Å². The van der Waals surface area contributed by atoms with Crippen LogP contribution in [0.25, 0.3) is 5.69 Å². The summed E-state index contributed by atoms with van der Waals surface area (Å²) >= 11 is 0. The lowest BCUT2D eigenvalue weighted by molar-refractivity contribution is 0.543. The highest BCUT2D eigenvalue weighted by Gasteiger charge is 2.07. The minimum atomic E-state index is -0.608. The molecule has 114 valence electrons. The number of nitrogens with zero attached hydrogens (tertiary/aromatic N) is 2. The minimum Gasteiger partial charge on any atom is -0.316 e. The molecule has 0 spiro atoms. The quantitative estimate of drug-likeness (QED) is 0.794. The van der Waals surface area contributed by atoms with Crippen LogP contribution in [0, 0.1) is 17.6 Å². The van der Waals surface area contributed by atoms with Gasteiger partial charge in [-0.05, 0) is 49.5 Å². The highest BCUT2D eigenvalue weighted by molar-refractivity contribution is 5.33. The third kappa shape index (κ3) is 4.63. The van der Waals surface area contributed by atoms with Gasteiger partial charge in [0.25, 0.3) is 0 Å². The van der Waals surface area contributed by atoms with E-state index in [-0.39, 0.29) is 5.69 Å². The molecule has 0 radical (unpaired) electrons. The maximum Gasteiger partial charge on any atom is 0.151 e. The van der Waals surface area contributed by atoms with Crippen molar-refractivity contribution in [3.63, 3.8) is 0 Å². The first kappa shape index (κ1) is 15.6. The van der Waals surface area contributed by atoms with Gasteiger partial charge in [0.2, 0.25) is 0 Å². The molecular weight excluding hydrogens is 272 g/mol. The Bertz CT molecular complexity index is 579. The maximum atomic E-state index is 13.7. The van der Waals surface area contributed by atoms with Crippen LogP contribution in [0.4, 0.5) is 8.78 Å². The van der Waals surface area contributed by atoms with Gasteiger partial charge in [0.1, 0.15) is 11.5 Å². The van der Waals surface area contributed by atoms with Crippen molar-refractivity contribution in [2.24, 2.45) is 5.92 Å². The molecule has 5 heteroatoms. The molecule has 0 atom stereocenters. The van der Waals surface area contributed by atoms with Crippen LogP contribution in [0.5, 0.6) is 0 Å². The summed E-state index contributed by atoms with van der Waals surface area (Å²) in [6, 6.07) is 3.49. The summed E-state index contributed by atoms with van der Waals surface area (Å²) < 4.78 is 28.0. The molecule has 2 aromatic rings. The topological polar surface area (TPSA) is 29.9 Å². The van der Waals surface area contributed by atoms with Crippen molar-refractivity contribution in [3.05, 3.63) is 47.8 Å². The van der Waals surface area contributed by atoms with E-state index in [0.29, 0.717) is 5.92 Å². The van der Waals surface area contributed by atoms with Gasteiger partial charge in [0, 0.05) is 12.3 Å². The molecule has 0 bridgehead atoms. The molecule has 1 aromatic heterocycles. The number of halogens is 2. The summed E-state index contributed by atoms with van der Waals surface area (Å²) in [5.41, 5.74) is 1.31. The molecule has 2 rings (SSSR count). The molecule has 0 saturated carbocycles. The first-order chi connectivity index (χ1) is 10.1. The largest absolute Gasteiger partial charge is 0.316 e. The molecule has 3 nitrogen and oxygen atoms in total. The maximum absolute atomic E-state index is 13.7. The van der Waals surface area contributed by atoms with Crippen LogP contribution in [-0.2, 0) is 6.42 Å². The van der Waals surface area contributed by atoms with Gasteiger partial charge in [-0.25, -0.2) is 13.5 Å². The van der Waals surface area contributed by atoms with Crippen LogP contribution in [-0.4, -0.2) is 22.9 Å². The molecule has 1 N–H and O–H groups in total. The fraction of sp³-hybridized carbons (Fsp3) is 0.438. The first-order valence-corrected chi connectivity index (χ1v) is 7.26. The zero-order valence-electron chi connectivity index (χ0n) is 12.4. The zero-order chi connectivity index (χ0) is 15.2. The molecule has 0 aliphatic heterocycles. The Balaban J connectivity index is 1.89. The third-order valence-corrected chi connectivity index (χ3v) is 3.16. The van der Waals surface area contributed by atoms with Gasteiger partial charge in [-0.2, -0.15) is 5.10 Å². The number of nitrogens with one attached hydrogen (secondary N) is 1. The first-order valence-electron chi connectivity index (χ1n) is 7.26. The lowest BCUT2D eigenvalue weighted by Crippen LogP contribution is -2.20. The van der Waals surface area contributed by atoms with Crippen LogP contribution in [0.15, 0.2) is 30.6 Å². The highest BCUT2D eigenvalue weighted by Crippen LogP contribution is 2.15. The van der Waals surface area contributed by atoms with Gasteiger partial charge in [-0.1, -0.05) is 13.8 Å². The fourth-order valence-corrected chi connectivity index (χ4v) is 2.10. The van der Waals surface area contributed by atoms with Crippen molar-refractivity contribution < 1.29 is 8.78 Å². The standard InChI is InChI=1S/C16H21F2N3/c1-12(2)9-19-7-3-4-13-10-20-21(11-13)16-6-5-14(17)8-15(16)18/h5-6,8,10-12,19H,3-4,7,9H2,1-2H3. The summed E-state index contributed by atoms with van der Waals surface area (Å²) in [5.74, 6) is -0.544. The van der Waals surface area contributed by atoms with Crippen LogP contribution in [0.3, 0.4) is 0 Å². The van der Waals surface area contributed by atoms with Crippen LogP contribution < -0.4 is 5.32 Å². The van der Waals surface area contributed by atoms with Crippen molar-refractivity contribution in [1.29, 1.82) is 0 Å². The Labute approximate surface area is 124 Å². The summed E-state index contributed by atoms with van der Waals surface area (Å²) in [7, 11) is 0. The molecular formula is C16H21F2N3. The molecule has 0 fully saturated rings. The smallest absolute Gasteiger partial charge is 0.151 e. The molecule has 0 aliphatic carbocycles. The van der Waals surface area contributed by atoms with Crippen LogP contribution in [0.1, 0.15) is 25.8 Å². The molecule has 1 aromatic carbocycles. The summed E-state index contributed by atoms with van der Waals surface area (Å²) in [4.78, 5) is 0. The van der Waals surface area contributed by atoms with E-state index >= 15 is 0 Å². The van der Waals surface area contributed by atoms with E-state index < -0.39 is 11.6 Å². The van der Waals surface area contributed by atoms with Gasteiger partial charge >= 0.3 is 0 Å². The van der Waals surface area contributed by atoms with Gasteiger partial charge in [-0.15, -0.1) is 0 Å². The predicted octanol–water partition coefficient (Wildman–Crippen LogP) is 3.33. The molecule has 0 aliphatic rings. The second-order valence-corrected chi connectivity index (χ2v) is 5.59. The number of hydrogen-bond acceptors (Lipinski definition) is 2. The second-order valence-electron chi connectivity index (χ2n) is 5.59. The Morgan fingerprint density at radius 1 is 1.29 bits per heavy atom. The number of hydrogen-bond donors (Lipinski definition) is 1. The monoisotopic (exact) mass is 293 g/mol. The van der Waals surface area contributed by atoms with Gasteiger partial charge in [0.15, 0.2) is 5.82 Å². The van der Waals surface area contributed by atoms with Gasteiger partial charge in [0.05, 0.1) is 6.20 Å². The average molecular weight is 293 g/mol. The zero-order valence-corrected chi connectivity index (χ0v) is 12.4. The lowest BCUT2D eigenvalue weighted by atomic mass is 10.2. The van der Waals surface area contributed by atoms with Crippen molar-refractivity contribution in [1.82, 2.24) is 15.1 Å². The van der Waals surface area contributed by atoms with E-state index in [9.17, 15) is 8.78 Å². The Hall–Kier alpha value is -1.75. The van der Waals surface area contributed by atoms with Crippen molar-refractivity contribution in [2.75, 3.05) is 13.1 Å². The highest BCUT2D eigenvalue weighted by atomic mass is 19.1. The van der Waals surface area contributed by atoms with Crippen molar-refractivity contribution in [3.8, 4) is 5.69 Å². The lowest BCUT2D eigenvalue weighted by Gasteiger charge is -2.06. The normalized spacial score (nSPS) is 11.3. The number of rotatable bonds is 7. The number of aromatic nitrogens is 2. The summed E-state index contributed by atoms with van der Waals surface area (Å²) in [6.07, 6.45) is 5.40. The van der Waals surface area contributed by atoms with E-state index in [4.69, 9.17) is 0 Å². The van der Waals surface area contributed by atoms with E-state index in [0.717, 1.165) is 37.6 Å². The SMILES string of the molecule is CC(C)CNCCCc1cnn(-c2ccc(F)cc2F)c1. The fourth-order valence-electron chi connectivity index (χ4n) is 2.10. The second kappa shape index (κ2) is 7.31. The van der Waals surface area contributed by atoms with Gasteiger partial charge < -0.3 is 5.32 Å². The molecule has 0 unspecified atom stereocenters. The Morgan fingerprint density at radius 2 is 2.10 bits per heavy atom. The molecule has 0 amide bonds. The van der Waals surface area contributed by atoms with E-state index in [2.05, 4.69) is 24.3 Å². The summed E-state index contributed by atoms with van der Waals surface area (Å²) in [5, 5.41) is 7.52. The predicted molar refractivity (Wildman–Crippen MR) is 79.5 cm³/mol.